The number of carbonyl (C=O) groups excluding carboxylic acids is 1. The average Bonchev–Trinajstić information content (AvgIpc) is 2.74. The van der Waals surface area contributed by atoms with Crippen LogP contribution in [-0.4, -0.2) is 24.2 Å². The standard InChI is InChI=1S/C23H27F2NO3/c1-15-22(28-14-16-6-3-2-4-7-16)18(8-5-9-21(26)23(27)29-15)12-17-10-11-19(24)13-20(17)25/h2-4,6-7,10-11,13,15,18,21-22H,5,8-9,12,14,26H2,1H3/t15-,18+,21-,22-/m0/s1. The van der Waals surface area contributed by atoms with Crippen LogP contribution >= 0.6 is 0 Å². The van der Waals surface area contributed by atoms with Crippen LogP contribution in [0.25, 0.3) is 0 Å². The minimum atomic E-state index is -0.673. The van der Waals surface area contributed by atoms with Gasteiger partial charge >= 0.3 is 5.97 Å². The summed E-state index contributed by atoms with van der Waals surface area (Å²) < 4.78 is 39.3. The van der Waals surface area contributed by atoms with E-state index in [-0.39, 0.29) is 5.92 Å². The maximum absolute atomic E-state index is 14.3. The zero-order valence-electron chi connectivity index (χ0n) is 16.5. The van der Waals surface area contributed by atoms with Gasteiger partial charge < -0.3 is 15.2 Å². The molecule has 1 fully saturated rings. The molecule has 4 atom stereocenters. The van der Waals surface area contributed by atoms with Crippen molar-refractivity contribution in [1.29, 1.82) is 0 Å². The number of esters is 1. The van der Waals surface area contributed by atoms with Gasteiger partial charge in [0, 0.05) is 6.07 Å². The van der Waals surface area contributed by atoms with Crippen LogP contribution in [0.3, 0.4) is 0 Å². The number of halogens is 2. The molecule has 6 heteroatoms. The third-order valence-electron chi connectivity index (χ3n) is 5.40. The van der Waals surface area contributed by atoms with Gasteiger partial charge in [-0.05, 0) is 49.3 Å². The lowest BCUT2D eigenvalue weighted by molar-refractivity contribution is -0.161. The molecule has 156 valence electrons. The van der Waals surface area contributed by atoms with Crippen LogP contribution in [-0.2, 0) is 27.3 Å². The number of ether oxygens (including phenoxy) is 2. The minimum absolute atomic E-state index is 0.105. The van der Waals surface area contributed by atoms with E-state index in [1.165, 1.54) is 12.1 Å². The quantitative estimate of drug-likeness (QED) is 0.762. The molecule has 1 saturated heterocycles. The molecule has 0 unspecified atom stereocenters. The Morgan fingerprint density at radius 1 is 1.14 bits per heavy atom. The fourth-order valence-corrected chi connectivity index (χ4v) is 3.83. The smallest absolute Gasteiger partial charge is 0.323 e. The van der Waals surface area contributed by atoms with E-state index in [0.29, 0.717) is 37.9 Å². The Balaban J connectivity index is 1.83. The lowest BCUT2D eigenvalue weighted by atomic mass is 9.86. The summed E-state index contributed by atoms with van der Waals surface area (Å²) in [6, 6.07) is 12.6. The molecule has 0 aromatic heterocycles. The van der Waals surface area contributed by atoms with Crippen molar-refractivity contribution in [3.63, 3.8) is 0 Å². The molecule has 0 aliphatic carbocycles. The Morgan fingerprint density at radius 2 is 1.90 bits per heavy atom. The van der Waals surface area contributed by atoms with Crippen LogP contribution in [0.4, 0.5) is 8.78 Å². The molecule has 0 bridgehead atoms. The lowest BCUT2D eigenvalue weighted by Crippen LogP contribution is -2.40. The molecular weight excluding hydrogens is 376 g/mol. The topological polar surface area (TPSA) is 61.5 Å². The molecule has 3 rings (SSSR count). The van der Waals surface area contributed by atoms with Crippen molar-refractivity contribution in [2.75, 3.05) is 0 Å². The van der Waals surface area contributed by atoms with Gasteiger partial charge in [0.1, 0.15) is 23.8 Å². The first-order chi connectivity index (χ1) is 13.9. The first-order valence-corrected chi connectivity index (χ1v) is 9.99. The summed E-state index contributed by atoms with van der Waals surface area (Å²) in [5, 5.41) is 0. The number of benzene rings is 2. The molecular formula is C23H27F2NO3. The van der Waals surface area contributed by atoms with Gasteiger partial charge in [-0.1, -0.05) is 42.8 Å². The highest BCUT2D eigenvalue weighted by atomic mass is 19.1. The minimum Gasteiger partial charge on any atom is -0.459 e. The summed E-state index contributed by atoms with van der Waals surface area (Å²) in [5.74, 6) is -1.73. The molecule has 2 aromatic rings. The Kier molecular flexibility index (Phi) is 7.34. The molecule has 29 heavy (non-hydrogen) atoms. The monoisotopic (exact) mass is 403 g/mol. The van der Waals surface area contributed by atoms with Crippen LogP contribution in [0.1, 0.15) is 37.3 Å². The van der Waals surface area contributed by atoms with Gasteiger partial charge in [-0.3, -0.25) is 4.79 Å². The first-order valence-electron chi connectivity index (χ1n) is 9.99. The van der Waals surface area contributed by atoms with E-state index in [0.717, 1.165) is 11.6 Å². The van der Waals surface area contributed by atoms with Crippen molar-refractivity contribution in [3.05, 3.63) is 71.3 Å². The summed E-state index contributed by atoms with van der Waals surface area (Å²) >= 11 is 0. The molecule has 1 heterocycles. The van der Waals surface area contributed by atoms with Gasteiger partial charge in [-0.15, -0.1) is 0 Å². The third kappa shape index (κ3) is 5.84. The Morgan fingerprint density at radius 3 is 2.62 bits per heavy atom. The summed E-state index contributed by atoms with van der Waals surface area (Å²) in [4.78, 5) is 12.2. The van der Waals surface area contributed by atoms with E-state index < -0.39 is 35.9 Å². The lowest BCUT2D eigenvalue weighted by Gasteiger charge is -2.31. The Hall–Kier alpha value is -2.31. The third-order valence-corrected chi connectivity index (χ3v) is 5.40. The second-order valence-corrected chi connectivity index (χ2v) is 7.64. The number of carbonyl (C=O) groups is 1. The average molecular weight is 403 g/mol. The maximum atomic E-state index is 14.3. The molecule has 2 N–H and O–H groups in total. The highest BCUT2D eigenvalue weighted by molar-refractivity contribution is 5.75. The summed E-state index contributed by atoms with van der Waals surface area (Å²) in [5.41, 5.74) is 7.33. The second-order valence-electron chi connectivity index (χ2n) is 7.64. The fourth-order valence-electron chi connectivity index (χ4n) is 3.83. The predicted octanol–water partition coefficient (Wildman–Crippen LogP) is 4.15. The molecule has 1 aliphatic heterocycles. The molecule has 0 saturated carbocycles. The van der Waals surface area contributed by atoms with Crippen LogP contribution in [0.2, 0.25) is 0 Å². The van der Waals surface area contributed by atoms with Crippen LogP contribution < -0.4 is 5.73 Å². The highest BCUT2D eigenvalue weighted by Crippen LogP contribution is 2.28. The van der Waals surface area contributed by atoms with Crippen molar-refractivity contribution in [2.45, 2.75) is 57.5 Å². The second kappa shape index (κ2) is 9.94. The largest absolute Gasteiger partial charge is 0.459 e. The van der Waals surface area contributed by atoms with Crippen molar-refractivity contribution >= 4 is 5.97 Å². The highest BCUT2D eigenvalue weighted by Gasteiger charge is 2.34. The SMILES string of the molecule is C[C@@H]1OC(=O)[C@@H](N)CCC[C@H](Cc2ccc(F)cc2F)[C@H]1OCc1ccccc1. The van der Waals surface area contributed by atoms with Crippen molar-refractivity contribution in [2.24, 2.45) is 11.7 Å². The van der Waals surface area contributed by atoms with E-state index in [2.05, 4.69) is 0 Å². The summed E-state index contributed by atoms with van der Waals surface area (Å²) in [7, 11) is 0. The van der Waals surface area contributed by atoms with Gasteiger partial charge in [0.25, 0.3) is 0 Å². The fraction of sp³-hybridized carbons (Fsp3) is 0.435. The zero-order chi connectivity index (χ0) is 20.8. The zero-order valence-corrected chi connectivity index (χ0v) is 16.5. The van der Waals surface area contributed by atoms with Crippen LogP contribution in [0.15, 0.2) is 48.5 Å². The molecule has 2 aromatic carbocycles. The normalized spacial score (nSPS) is 25.6. The molecule has 0 amide bonds. The van der Waals surface area contributed by atoms with E-state index in [4.69, 9.17) is 15.2 Å². The number of cyclic esters (lactones) is 1. The molecule has 1 aliphatic rings. The van der Waals surface area contributed by atoms with Gasteiger partial charge in [-0.25, -0.2) is 8.78 Å². The van der Waals surface area contributed by atoms with E-state index in [1.807, 2.05) is 30.3 Å². The van der Waals surface area contributed by atoms with Crippen molar-refractivity contribution in [1.82, 2.24) is 0 Å². The van der Waals surface area contributed by atoms with E-state index in [9.17, 15) is 13.6 Å². The van der Waals surface area contributed by atoms with E-state index >= 15 is 0 Å². The number of nitrogens with two attached hydrogens (primary N) is 1. The van der Waals surface area contributed by atoms with Crippen molar-refractivity contribution in [3.8, 4) is 0 Å². The summed E-state index contributed by atoms with van der Waals surface area (Å²) in [6.45, 7) is 2.13. The van der Waals surface area contributed by atoms with Crippen LogP contribution in [0, 0.1) is 17.6 Å². The van der Waals surface area contributed by atoms with Crippen LogP contribution in [0.5, 0.6) is 0 Å². The van der Waals surface area contributed by atoms with E-state index in [1.54, 1.807) is 6.92 Å². The Labute approximate surface area is 170 Å². The van der Waals surface area contributed by atoms with Gasteiger partial charge in [0.15, 0.2) is 0 Å². The number of hydrogen-bond acceptors (Lipinski definition) is 4. The number of hydrogen-bond donors (Lipinski definition) is 1. The summed E-state index contributed by atoms with van der Waals surface area (Å²) in [6.07, 6.45) is 1.28. The maximum Gasteiger partial charge on any atom is 0.323 e. The molecule has 0 spiro atoms. The molecule has 4 nitrogen and oxygen atoms in total. The van der Waals surface area contributed by atoms with Crippen molar-refractivity contribution < 1.29 is 23.0 Å². The van der Waals surface area contributed by atoms with Gasteiger partial charge in [-0.2, -0.15) is 0 Å². The van der Waals surface area contributed by atoms with Gasteiger partial charge in [0.2, 0.25) is 0 Å². The first kappa shape index (κ1) is 21.4. The molecule has 0 radical (unpaired) electrons. The number of rotatable bonds is 5. The Bertz CT molecular complexity index is 815. The van der Waals surface area contributed by atoms with Gasteiger partial charge in [0.05, 0.1) is 12.7 Å². The predicted molar refractivity (Wildman–Crippen MR) is 106 cm³/mol.